The van der Waals surface area contributed by atoms with Crippen molar-refractivity contribution < 1.29 is 14.3 Å². The molecule has 2 aliphatic heterocycles. The van der Waals surface area contributed by atoms with E-state index in [9.17, 15) is 9.59 Å². The van der Waals surface area contributed by atoms with Crippen LogP contribution in [0.15, 0.2) is 24.3 Å². The third-order valence-electron chi connectivity index (χ3n) is 4.74. The highest BCUT2D eigenvalue weighted by molar-refractivity contribution is 6.02. The van der Waals surface area contributed by atoms with E-state index in [2.05, 4.69) is 5.32 Å². The Morgan fingerprint density at radius 1 is 1.35 bits per heavy atom. The van der Waals surface area contributed by atoms with Gasteiger partial charge in [-0.05, 0) is 39.3 Å². The van der Waals surface area contributed by atoms with Gasteiger partial charge in [-0.15, -0.1) is 0 Å². The monoisotopic (exact) mass is 316 g/mol. The third kappa shape index (κ3) is 2.58. The van der Waals surface area contributed by atoms with Crippen LogP contribution < -0.4 is 10.1 Å². The van der Waals surface area contributed by atoms with Gasteiger partial charge in [0.2, 0.25) is 11.8 Å². The number of ether oxygens (including phenoxy) is 1. The number of hydrogen-bond donors (Lipinski definition) is 1. The van der Waals surface area contributed by atoms with E-state index in [4.69, 9.17) is 4.74 Å². The summed E-state index contributed by atoms with van der Waals surface area (Å²) in [5.41, 5.74) is -0.129. The largest absolute Gasteiger partial charge is 0.468 e. The molecule has 0 aliphatic carbocycles. The average molecular weight is 316 g/mol. The zero-order valence-electron chi connectivity index (χ0n) is 14.3. The van der Waals surface area contributed by atoms with Crippen LogP contribution in [0.5, 0.6) is 5.75 Å². The lowest BCUT2D eigenvalue weighted by Crippen LogP contribution is -2.64. The lowest BCUT2D eigenvalue weighted by atomic mass is 9.73. The van der Waals surface area contributed by atoms with Crippen LogP contribution >= 0.6 is 0 Å². The van der Waals surface area contributed by atoms with Crippen molar-refractivity contribution in [1.29, 1.82) is 0 Å². The molecule has 3 unspecified atom stereocenters. The van der Waals surface area contributed by atoms with Crippen molar-refractivity contribution in [2.75, 3.05) is 7.05 Å². The summed E-state index contributed by atoms with van der Waals surface area (Å²) in [5.74, 6) is -0.495. The predicted octanol–water partition coefficient (Wildman–Crippen LogP) is 2.27. The zero-order chi connectivity index (χ0) is 17.0. The van der Waals surface area contributed by atoms with Crippen molar-refractivity contribution in [3.8, 4) is 5.75 Å². The number of para-hydroxylation sites is 1. The molecule has 0 aromatic heterocycles. The van der Waals surface area contributed by atoms with E-state index in [1.54, 1.807) is 11.9 Å². The van der Waals surface area contributed by atoms with Gasteiger partial charge in [-0.3, -0.25) is 9.59 Å². The minimum absolute atomic E-state index is 0.156. The predicted molar refractivity (Wildman–Crippen MR) is 87.0 cm³/mol. The van der Waals surface area contributed by atoms with E-state index < -0.39 is 11.6 Å². The Morgan fingerprint density at radius 3 is 2.65 bits per heavy atom. The van der Waals surface area contributed by atoms with E-state index in [1.165, 1.54) is 0 Å². The van der Waals surface area contributed by atoms with Crippen LogP contribution in [-0.4, -0.2) is 35.0 Å². The number of likely N-dealkylation sites (tertiary alicyclic amines) is 1. The Bertz CT molecular complexity index is 664. The SMILES string of the molecule is CN1C(=O)C(C(=O)NC(C)(C)C)C2CC1(C)Oc1ccccc12. The molecule has 1 fully saturated rings. The molecule has 124 valence electrons. The van der Waals surface area contributed by atoms with Crippen molar-refractivity contribution in [2.24, 2.45) is 5.92 Å². The van der Waals surface area contributed by atoms with E-state index in [-0.39, 0.29) is 23.3 Å². The standard InChI is InChI=1S/C18H24N2O3/c1-17(2,3)19-15(21)14-12-10-18(4,20(5)16(14)22)23-13-9-7-6-8-11(12)13/h6-9,12,14H,10H2,1-5H3,(H,19,21). The number of nitrogens with one attached hydrogen (secondary N) is 1. The van der Waals surface area contributed by atoms with Crippen molar-refractivity contribution in [2.45, 2.75) is 51.3 Å². The van der Waals surface area contributed by atoms with Crippen LogP contribution in [0.4, 0.5) is 0 Å². The van der Waals surface area contributed by atoms with Crippen LogP contribution in [0, 0.1) is 5.92 Å². The average Bonchev–Trinajstić information content (AvgIpc) is 2.43. The first-order valence-corrected chi connectivity index (χ1v) is 8.00. The van der Waals surface area contributed by atoms with Crippen LogP contribution in [-0.2, 0) is 9.59 Å². The molecule has 0 saturated carbocycles. The van der Waals surface area contributed by atoms with Crippen molar-refractivity contribution in [3.05, 3.63) is 29.8 Å². The van der Waals surface area contributed by atoms with Crippen molar-refractivity contribution >= 4 is 11.8 Å². The van der Waals surface area contributed by atoms with Crippen molar-refractivity contribution in [3.63, 3.8) is 0 Å². The fraction of sp³-hybridized carbons (Fsp3) is 0.556. The third-order valence-corrected chi connectivity index (χ3v) is 4.74. The molecule has 2 aliphatic rings. The van der Waals surface area contributed by atoms with E-state index in [0.29, 0.717) is 6.42 Å². The van der Waals surface area contributed by atoms with Crippen LogP contribution in [0.25, 0.3) is 0 Å². The second-order valence-electron chi connectivity index (χ2n) is 7.74. The normalized spacial score (nSPS) is 29.6. The van der Waals surface area contributed by atoms with Crippen LogP contribution in [0.1, 0.15) is 45.6 Å². The second-order valence-corrected chi connectivity index (χ2v) is 7.74. The molecule has 1 aromatic carbocycles. The van der Waals surface area contributed by atoms with Gasteiger partial charge < -0.3 is 15.0 Å². The number of benzene rings is 1. The van der Waals surface area contributed by atoms with Gasteiger partial charge in [0, 0.05) is 24.9 Å². The Labute approximate surface area is 137 Å². The number of fused-ring (bicyclic) bond motifs is 4. The molecule has 0 spiro atoms. The molecule has 5 heteroatoms. The van der Waals surface area contributed by atoms with Gasteiger partial charge in [-0.2, -0.15) is 0 Å². The Hall–Kier alpha value is -2.04. The minimum Gasteiger partial charge on any atom is -0.468 e. The van der Waals surface area contributed by atoms with E-state index in [0.717, 1.165) is 11.3 Å². The maximum absolute atomic E-state index is 12.9. The number of amides is 2. The number of piperidine rings is 1. The molecule has 3 rings (SSSR count). The first-order valence-electron chi connectivity index (χ1n) is 8.00. The molecule has 1 N–H and O–H groups in total. The highest BCUT2D eigenvalue weighted by Gasteiger charge is 2.55. The molecule has 23 heavy (non-hydrogen) atoms. The molecule has 1 saturated heterocycles. The van der Waals surface area contributed by atoms with Gasteiger partial charge >= 0.3 is 0 Å². The van der Waals surface area contributed by atoms with Gasteiger partial charge in [0.25, 0.3) is 0 Å². The number of nitrogens with zero attached hydrogens (tertiary/aromatic N) is 1. The molecule has 2 bridgehead atoms. The van der Waals surface area contributed by atoms with Gasteiger partial charge in [0.15, 0.2) is 5.72 Å². The van der Waals surface area contributed by atoms with Gasteiger partial charge in [0.05, 0.1) is 0 Å². The number of carbonyl (C=O) groups excluding carboxylic acids is 2. The summed E-state index contributed by atoms with van der Waals surface area (Å²) >= 11 is 0. The molecular weight excluding hydrogens is 292 g/mol. The maximum Gasteiger partial charge on any atom is 0.238 e. The minimum atomic E-state index is -0.711. The highest BCUT2D eigenvalue weighted by atomic mass is 16.5. The van der Waals surface area contributed by atoms with Gasteiger partial charge in [-0.1, -0.05) is 18.2 Å². The lowest BCUT2D eigenvalue weighted by Gasteiger charge is -2.51. The molecule has 2 amide bonds. The topological polar surface area (TPSA) is 58.6 Å². The summed E-state index contributed by atoms with van der Waals surface area (Å²) < 4.78 is 6.08. The summed E-state index contributed by atoms with van der Waals surface area (Å²) in [6.45, 7) is 7.67. The van der Waals surface area contributed by atoms with Crippen molar-refractivity contribution in [1.82, 2.24) is 10.2 Å². The molecule has 3 atom stereocenters. The fourth-order valence-electron chi connectivity index (χ4n) is 3.54. The zero-order valence-corrected chi connectivity index (χ0v) is 14.3. The lowest BCUT2D eigenvalue weighted by molar-refractivity contribution is -0.171. The van der Waals surface area contributed by atoms with E-state index in [1.807, 2.05) is 52.0 Å². The molecule has 5 nitrogen and oxygen atoms in total. The summed E-state index contributed by atoms with van der Waals surface area (Å²) in [6.07, 6.45) is 0.620. The maximum atomic E-state index is 12.9. The smallest absolute Gasteiger partial charge is 0.238 e. The Morgan fingerprint density at radius 2 is 2.00 bits per heavy atom. The quantitative estimate of drug-likeness (QED) is 0.809. The number of carbonyl (C=O) groups is 2. The summed E-state index contributed by atoms with van der Waals surface area (Å²) in [5, 5.41) is 2.96. The van der Waals surface area contributed by atoms with Gasteiger partial charge in [-0.25, -0.2) is 0 Å². The summed E-state index contributed by atoms with van der Waals surface area (Å²) in [4.78, 5) is 27.2. The van der Waals surface area contributed by atoms with Gasteiger partial charge in [0.1, 0.15) is 11.7 Å². The van der Waals surface area contributed by atoms with Crippen LogP contribution in [0.2, 0.25) is 0 Å². The molecule has 2 heterocycles. The Balaban J connectivity index is 2.05. The molecule has 0 radical (unpaired) electrons. The summed E-state index contributed by atoms with van der Waals surface area (Å²) in [6, 6.07) is 7.69. The highest BCUT2D eigenvalue weighted by Crippen LogP contribution is 2.49. The number of hydrogen-bond acceptors (Lipinski definition) is 3. The Kier molecular flexibility index (Phi) is 3.43. The number of rotatable bonds is 1. The van der Waals surface area contributed by atoms with Crippen LogP contribution in [0.3, 0.4) is 0 Å². The summed E-state index contributed by atoms with van der Waals surface area (Å²) in [7, 11) is 1.71. The molecular formula is C18H24N2O3. The molecule has 1 aromatic rings. The first-order chi connectivity index (χ1) is 10.6. The van der Waals surface area contributed by atoms with E-state index >= 15 is 0 Å². The first kappa shape index (κ1) is 15.8. The second kappa shape index (κ2) is 4.98. The fourth-order valence-corrected chi connectivity index (χ4v) is 3.54.